The lowest BCUT2D eigenvalue weighted by Gasteiger charge is -2.28. The van der Waals surface area contributed by atoms with Gasteiger partial charge in [0.15, 0.2) is 0 Å². The van der Waals surface area contributed by atoms with Crippen molar-refractivity contribution in [2.75, 3.05) is 23.7 Å². The number of aromatic nitrogens is 2. The van der Waals surface area contributed by atoms with Crippen LogP contribution >= 0.6 is 0 Å². The molecule has 94 valence electrons. The van der Waals surface area contributed by atoms with Crippen molar-refractivity contribution in [1.82, 2.24) is 15.3 Å². The van der Waals surface area contributed by atoms with Gasteiger partial charge in [0.25, 0.3) is 0 Å². The molecule has 3 rings (SSSR count). The van der Waals surface area contributed by atoms with E-state index in [1.54, 1.807) is 12.6 Å². The highest BCUT2D eigenvalue weighted by molar-refractivity contribution is 5.47. The quantitative estimate of drug-likeness (QED) is 0.731. The van der Waals surface area contributed by atoms with E-state index in [9.17, 15) is 0 Å². The van der Waals surface area contributed by atoms with Crippen LogP contribution in [-0.2, 0) is 6.54 Å². The van der Waals surface area contributed by atoms with Crippen molar-refractivity contribution in [3.63, 3.8) is 0 Å². The van der Waals surface area contributed by atoms with Gasteiger partial charge in [0, 0.05) is 19.2 Å². The molecule has 1 fully saturated rings. The van der Waals surface area contributed by atoms with Crippen molar-refractivity contribution >= 4 is 11.6 Å². The number of nitrogens with zero attached hydrogens (tertiary/aromatic N) is 2. The predicted molar refractivity (Wildman–Crippen MR) is 68.3 cm³/mol. The molecule has 0 unspecified atom stereocenters. The SMILES string of the molecule is c1coc(CNc2cc(NC3CNC3)ncn2)c1. The molecule has 1 aliphatic rings. The summed E-state index contributed by atoms with van der Waals surface area (Å²) in [5, 5.41) is 9.74. The minimum atomic E-state index is 0.470. The van der Waals surface area contributed by atoms with E-state index in [1.165, 1.54) is 0 Å². The van der Waals surface area contributed by atoms with Crippen molar-refractivity contribution < 1.29 is 4.42 Å². The molecule has 0 saturated carbocycles. The summed E-state index contributed by atoms with van der Waals surface area (Å²) in [6.45, 7) is 2.59. The number of rotatable bonds is 5. The lowest BCUT2D eigenvalue weighted by Crippen LogP contribution is -2.51. The molecule has 2 aromatic rings. The third-order valence-electron chi connectivity index (χ3n) is 2.82. The summed E-state index contributed by atoms with van der Waals surface area (Å²) in [5.74, 6) is 2.51. The Morgan fingerprint density at radius 2 is 2.22 bits per heavy atom. The number of hydrogen-bond donors (Lipinski definition) is 3. The first-order chi connectivity index (χ1) is 8.90. The van der Waals surface area contributed by atoms with Crippen LogP contribution in [0.4, 0.5) is 11.6 Å². The molecule has 3 N–H and O–H groups in total. The maximum absolute atomic E-state index is 5.25. The van der Waals surface area contributed by atoms with E-state index in [-0.39, 0.29) is 0 Å². The van der Waals surface area contributed by atoms with E-state index >= 15 is 0 Å². The Hall–Kier alpha value is -2.08. The van der Waals surface area contributed by atoms with Crippen LogP contribution in [0.3, 0.4) is 0 Å². The van der Waals surface area contributed by atoms with Gasteiger partial charge in [0.1, 0.15) is 23.7 Å². The predicted octanol–water partition coefficient (Wildman–Crippen LogP) is 1.07. The minimum absolute atomic E-state index is 0.470. The van der Waals surface area contributed by atoms with E-state index in [4.69, 9.17) is 4.42 Å². The molecule has 2 aromatic heterocycles. The highest BCUT2D eigenvalue weighted by Gasteiger charge is 2.16. The number of furan rings is 1. The molecule has 3 heterocycles. The second-order valence-corrected chi connectivity index (χ2v) is 4.22. The molecular formula is C12H15N5O. The molecule has 18 heavy (non-hydrogen) atoms. The fourth-order valence-corrected chi connectivity index (χ4v) is 1.72. The van der Waals surface area contributed by atoms with Gasteiger partial charge >= 0.3 is 0 Å². The highest BCUT2D eigenvalue weighted by atomic mass is 16.3. The summed E-state index contributed by atoms with van der Waals surface area (Å²) < 4.78 is 5.25. The summed E-state index contributed by atoms with van der Waals surface area (Å²) in [7, 11) is 0. The average molecular weight is 245 g/mol. The van der Waals surface area contributed by atoms with Gasteiger partial charge in [-0.1, -0.05) is 0 Å². The third-order valence-corrected chi connectivity index (χ3v) is 2.82. The second kappa shape index (κ2) is 5.05. The van der Waals surface area contributed by atoms with Gasteiger partial charge in [-0.25, -0.2) is 9.97 Å². The first-order valence-electron chi connectivity index (χ1n) is 5.96. The van der Waals surface area contributed by atoms with Crippen molar-refractivity contribution in [3.8, 4) is 0 Å². The maximum atomic E-state index is 5.25. The van der Waals surface area contributed by atoms with E-state index in [0.717, 1.165) is 30.5 Å². The summed E-state index contributed by atoms with van der Waals surface area (Å²) >= 11 is 0. The van der Waals surface area contributed by atoms with Gasteiger partial charge in [-0.15, -0.1) is 0 Å². The Kier molecular flexibility index (Phi) is 3.10. The fraction of sp³-hybridized carbons (Fsp3) is 0.333. The zero-order valence-corrected chi connectivity index (χ0v) is 9.89. The molecule has 0 aromatic carbocycles. The molecule has 6 heteroatoms. The van der Waals surface area contributed by atoms with E-state index in [2.05, 4.69) is 25.9 Å². The van der Waals surface area contributed by atoms with Crippen LogP contribution in [0.5, 0.6) is 0 Å². The largest absolute Gasteiger partial charge is 0.467 e. The number of hydrogen-bond acceptors (Lipinski definition) is 6. The van der Waals surface area contributed by atoms with Gasteiger partial charge < -0.3 is 20.4 Å². The van der Waals surface area contributed by atoms with Crippen molar-refractivity contribution in [1.29, 1.82) is 0 Å². The van der Waals surface area contributed by atoms with Crippen molar-refractivity contribution in [2.45, 2.75) is 12.6 Å². The second-order valence-electron chi connectivity index (χ2n) is 4.22. The van der Waals surface area contributed by atoms with Crippen molar-refractivity contribution in [3.05, 3.63) is 36.5 Å². The molecule has 0 spiro atoms. The van der Waals surface area contributed by atoms with Crippen LogP contribution in [0.2, 0.25) is 0 Å². The molecule has 0 radical (unpaired) electrons. The maximum Gasteiger partial charge on any atom is 0.131 e. The lowest BCUT2D eigenvalue weighted by atomic mass is 10.2. The molecule has 0 atom stereocenters. The van der Waals surface area contributed by atoms with Crippen LogP contribution < -0.4 is 16.0 Å². The standard InChI is InChI=1S/C12H15N5O/c1-2-10(18-3-1)7-14-11-4-12(16-8-15-11)17-9-5-13-6-9/h1-4,8-9,13H,5-7H2,(H2,14,15,16,17). The monoisotopic (exact) mass is 245 g/mol. The van der Waals surface area contributed by atoms with Crippen LogP contribution in [-0.4, -0.2) is 29.1 Å². The summed E-state index contributed by atoms with van der Waals surface area (Å²) in [4.78, 5) is 8.36. The Labute approximate surface area is 105 Å². The fourth-order valence-electron chi connectivity index (χ4n) is 1.72. The van der Waals surface area contributed by atoms with Crippen LogP contribution in [0.1, 0.15) is 5.76 Å². The Bertz CT molecular complexity index is 495. The van der Waals surface area contributed by atoms with Gasteiger partial charge in [0.05, 0.1) is 18.8 Å². The molecule has 1 saturated heterocycles. The smallest absolute Gasteiger partial charge is 0.131 e. The van der Waals surface area contributed by atoms with E-state index < -0.39 is 0 Å². The van der Waals surface area contributed by atoms with Crippen LogP contribution in [0, 0.1) is 0 Å². The molecule has 0 bridgehead atoms. The minimum Gasteiger partial charge on any atom is -0.467 e. The third kappa shape index (κ3) is 2.60. The molecule has 0 aliphatic carbocycles. The summed E-state index contributed by atoms with van der Waals surface area (Å²) in [5.41, 5.74) is 0. The normalized spacial score (nSPS) is 15.1. The van der Waals surface area contributed by atoms with Gasteiger partial charge in [-0.05, 0) is 12.1 Å². The van der Waals surface area contributed by atoms with Crippen LogP contribution in [0.25, 0.3) is 0 Å². The number of anilines is 2. The number of nitrogens with one attached hydrogen (secondary N) is 3. The van der Waals surface area contributed by atoms with Crippen molar-refractivity contribution in [2.24, 2.45) is 0 Å². The first kappa shape index (κ1) is 11.0. The average Bonchev–Trinajstić information content (AvgIpc) is 2.85. The summed E-state index contributed by atoms with van der Waals surface area (Å²) in [6.07, 6.45) is 3.21. The molecular weight excluding hydrogens is 230 g/mol. The lowest BCUT2D eigenvalue weighted by molar-refractivity contribution is 0.471. The zero-order chi connectivity index (χ0) is 12.2. The van der Waals surface area contributed by atoms with Gasteiger partial charge in [-0.3, -0.25) is 0 Å². The zero-order valence-electron chi connectivity index (χ0n) is 9.89. The van der Waals surface area contributed by atoms with Gasteiger partial charge in [0.2, 0.25) is 0 Å². The Balaban J connectivity index is 1.59. The van der Waals surface area contributed by atoms with Crippen LogP contribution in [0.15, 0.2) is 35.2 Å². The Morgan fingerprint density at radius 3 is 2.94 bits per heavy atom. The molecule has 1 aliphatic heterocycles. The Morgan fingerprint density at radius 1 is 1.33 bits per heavy atom. The molecule has 6 nitrogen and oxygen atoms in total. The highest BCUT2D eigenvalue weighted by Crippen LogP contribution is 2.12. The van der Waals surface area contributed by atoms with E-state index in [1.807, 2.05) is 18.2 Å². The summed E-state index contributed by atoms with van der Waals surface area (Å²) in [6, 6.07) is 6.17. The first-order valence-corrected chi connectivity index (χ1v) is 5.96. The van der Waals surface area contributed by atoms with Gasteiger partial charge in [-0.2, -0.15) is 0 Å². The molecule has 0 amide bonds. The topological polar surface area (TPSA) is 75.0 Å². The van der Waals surface area contributed by atoms with E-state index in [0.29, 0.717) is 12.6 Å².